The van der Waals surface area contributed by atoms with Crippen molar-refractivity contribution in [1.82, 2.24) is 6.15 Å². The predicted molar refractivity (Wildman–Crippen MR) is 23.1 cm³/mol. The Balaban J connectivity index is 0. The monoisotopic (exact) mass is 114 g/mol. The molecule has 34 valence electrons. The van der Waals surface area contributed by atoms with Gasteiger partial charge in [0, 0.05) is 0 Å². The first-order valence-corrected chi connectivity index (χ1v) is 2.55. The van der Waals surface area contributed by atoms with Crippen LogP contribution in [0.5, 0.6) is 0 Å². The van der Waals surface area contributed by atoms with Gasteiger partial charge in [-0.25, -0.2) is 11.2 Å². The average Bonchev–Trinajstić information content (AvgIpc) is 0.811. The summed E-state index contributed by atoms with van der Waals surface area (Å²) in [4.78, 5) is 0. The summed E-state index contributed by atoms with van der Waals surface area (Å²) in [6.07, 6.45) is 0. The smallest absolute Gasteiger partial charge is 0.0918 e. The lowest BCUT2D eigenvalue weighted by Gasteiger charge is -1.66. The van der Waals surface area contributed by atoms with Crippen molar-refractivity contribution in [1.29, 1.82) is 0 Å². The molecule has 0 unspecified atom stereocenters. The Morgan fingerprint density at radius 2 is 1.80 bits per heavy atom. The molecule has 0 saturated carbocycles. The minimum absolute atomic E-state index is 0. The van der Waals surface area contributed by atoms with Gasteiger partial charge >= 0.3 is 0 Å². The van der Waals surface area contributed by atoms with Gasteiger partial charge in [-0.15, -0.1) is 0 Å². The quantitative estimate of drug-likeness (QED) is 0.344. The first kappa shape index (κ1) is 8.99. The van der Waals surface area contributed by atoms with Crippen molar-refractivity contribution in [2.24, 2.45) is 0 Å². The summed E-state index contributed by atoms with van der Waals surface area (Å²) in [5, 5.41) is 0. The van der Waals surface area contributed by atoms with Crippen LogP contribution in [0.25, 0.3) is 0 Å². The normalized spacial score (nSPS) is 6.80. The van der Waals surface area contributed by atoms with Gasteiger partial charge in [0.05, 0.1) is 0 Å². The maximum absolute atomic E-state index is 8.93. The average molecular weight is 114 g/mol. The van der Waals surface area contributed by atoms with E-state index >= 15 is 0 Å². The van der Waals surface area contributed by atoms with Gasteiger partial charge in [-0.2, -0.15) is 0 Å². The van der Waals surface area contributed by atoms with Crippen LogP contribution in [-0.2, 0) is 25.0 Å². The Morgan fingerprint density at radius 1 is 1.80 bits per heavy atom. The van der Waals surface area contributed by atoms with Gasteiger partial charge in [0.1, 0.15) is 0 Å². The third kappa shape index (κ3) is 268. The van der Waals surface area contributed by atoms with Crippen molar-refractivity contribution in [3.63, 3.8) is 0 Å². The van der Waals surface area contributed by atoms with Crippen molar-refractivity contribution < 1.29 is 8.76 Å². The zero-order valence-electron chi connectivity index (χ0n) is 2.38. The molecular formula is H4NO2S2-. The molecule has 0 aromatic heterocycles. The fraction of sp³-hybridized carbons (Fsp3) is 0. The molecule has 0 aromatic carbocycles. The van der Waals surface area contributed by atoms with Gasteiger partial charge in [0.25, 0.3) is 0 Å². The molecule has 0 saturated heterocycles. The summed E-state index contributed by atoms with van der Waals surface area (Å²) in [5.74, 6) is 0. The molecule has 0 spiro atoms. The Kier molecular flexibility index (Phi) is 7.72. The van der Waals surface area contributed by atoms with E-state index in [2.05, 4.69) is 11.2 Å². The van der Waals surface area contributed by atoms with Crippen molar-refractivity contribution in [3.05, 3.63) is 0 Å². The molecule has 0 aliphatic heterocycles. The Hall–Kier alpha value is 0.290. The summed E-state index contributed by atoms with van der Waals surface area (Å²) in [6.45, 7) is 0. The van der Waals surface area contributed by atoms with E-state index in [0.717, 1.165) is 0 Å². The SMILES string of the molecule is N.O=[S-](O)=S. The summed E-state index contributed by atoms with van der Waals surface area (Å²) in [5.41, 5.74) is 0. The van der Waals surface area contributed by atoms with E-state index in [1.165, 1.54) is 0 Å². The molecule has 0 atom stereocenters. The standard InChI is InChI=1S/H3N.HO2S2/c;1-4(2)3/h1H3;(H,1,2,3)/q;-1. The van der Waals surface area contributed by atoms with Gasteiger partial charge in [-0.3, -0.25) is 0 Å². The molecule has 0 rings (SSSR count). The lowest BCUT2D eigenvalue weighted by Crippen LogP contribution is -1.51. The second-order valence-corrected chi connectivity index (χ2v) is 1.51. The van der Waals surface area contributed by atoms with E-state index in [4.69, 9.17) is 8.76 Å². The van der Waals surface area contributed by atoms with Crippen molar-refractivity contribution in [2.75, 3.05) is 0 Å². The van der Waals surface area contributed by atoms with E-state index in [0.29, 0.717) is 0 Å². The molecule has 0 amide bonds. The van der Waals surface area contributed by atoms with Crippen LogP contribution in [0.3, 0.4) is 0 Å². The summed E-state index contributed by atoms with van der Waals surface area (Å²) in [6, 6.07) is 0. The predicted octanol–water partition coefficient (Wildman–Crippen LogP) is 0.0471. The largest absolute Gasteiger partial charge is 0.459 e. The highest BCUT2D eigenvalue weighted by atomic mass is 32.8. The third-order valence-electron chi connectivity index (χ3n) is 0. The second-order valence-electron chi connectivity index (χ2n) is 0.217. The van der Waals surface area contributed by atoms with Crippen LogP contribution in [-0.4, -0.2) is 4.55 Å². The maximum atomic E-state index is 8.93. The van der Waals surface area contributed by atoms with Crippen LogP contribution in [0.1, 0.15) is 0 Å². The van der Waals surface area contributed by atoms with Gasteiger partial charge in [-0.1, -0.05) is 9.64 Å². The molecule has 0 aromatic rings. The van der Waals surface area contributed by atoms with Crippen LogP contribution in [0, 0.1) is 0 Å². The molecule has 0 fully saturated rings. The van der Waals surface area contributed by atoms with Crippen molar-refractivity contribution >= 4 is 20.8 Å². The highest BCUT2D eigenvalue weighted by molar-refractivity contribution is 8.18. The van der Waals surface area contributed by atoms with Gasteiger partial charge in [-0.05, 0) is 0 Å². The second kappa shape index (κ2) is 4.29. The van der Waals surface area contributed by atoms with Crippen LogP contribution in [0.15, 0.2) is 0 Å². The lowest BCUT2D eigenvalue weighted by atomic mass is 14.0. The van der Waals surface area contributed by atoms with Crippen molar-refractivity contribution in [3.8, 4) is 0 Å². The first-order chi connectivity index (χ1) is 1.73. The number of hydrogen-bond acceptors (Lipinski definition) is 4. The van der Waals surface area contributed by atoms with Crippen LogP contribution >= 0.6 is 0 Å². The molecule has 0 bridgehead atoms. The van der Waals surface area contributed by atoms with Crippen molar-refractivity contribution in [2.45, 2.75) is 0 Å². The van der Waals surface area contributed by atoms with E-state index in [1.807, 2.05) is 0 Å². The molecule has 3 nitrogen and oxygen atoms in total. The Bertz CT molecular complexity index is 56.0. The molecule has 0 aliphatic rings. The van der Waals surface area contributed by atoms with E-state index in [9.17, 15) is 0 Å². The lowest BCUT2D eigenvalue weighted by molar-refractivity contribution is 0.536. The summed E-state index contributed by atoms with van der Waals surface area (Å²) in [7, 11) is -2.03. The molecule has 0 aliphatic carbocycles. The summed E-state index contributed by atoms with van der Waals surface area (Å²) >= 11 is 3.65. The molecule has 5 heavy (non-hydrogen) atoms. The molecule has 0 heterocycles. The van der Waals surface area contributed by atoms with E-state index in [-0.39, 0.29) is 6.15 Å². The summed E-state index contributed by atoms with van der Waals surface area (Å²) < 4.78 is 16.3. The van der Waals surface area contributed by atoms with E-state index < -0.39 is 9.64 Å². The van der Waals surface area contributed by atoms with Gasteiger partial charge in [0.2, 0.25) is 0 Å². The minimum atomic E-state index is -2.03. The zero-order chi connectivity index (χ0) is 3.58. The third-order valence-corrected chi connectivity index (χ3v) is 0. The first-order valence-electron chi connectivity index (χ1n) is 0.516. The molecule has 0 radical (unpaired) electrons. The maximum Gasteiger partial charge on any atom is -0.0918 e. The zero-order valence-corrected chi connectivity index (χ0v) is 4.01. The van der Waals surface area contributed by atoms with E-state index in [1.54, 1.807) is 0 Å². The topological polar surface area (TPSA) is 72.3 Å². The van der Waals surface area contributed by atoms with Crippen LogP contribution < -0.4 is 6.15 Å². The molecular weight excluding hydrogens is 110 g/mol. The highest BCUT2D eigenvalue weighted by Gasteiger charge is 1.19. The van der Waals surface area contributed by atoms with Gasteiger partial charge < -0.3 is 14.9 Å². The minimum Gasteiger partial charge on any atom is -0.459 e. The Labute approximate surface area is 36.5 Å². The molecule has 5 heteroatoms. The number of hydrogen-bond donors (Lipinski definition) is 2. The number of rotatable bonds is 0. The Morgan fingerprint density at radius 3 is 1.80 bits per heavy atom. The highest BCUT2D eigenvalue weighted by Crippen LogP contribution is 1.33. The fourth-order valence-electron chi connectivity index (χ4n) is 0. The van der Waals surface area contributed by atoms with Gasteiger partial charge in [0.15, 0.2) is 0 Å². The van der Waals surface area contributed by atoms with Crippen LogP contribution in [0.2, 0.25) is 0 Å². The molecule has 4 N–H and O–H groups in total. The van der Waals surface area contributed by atoms with Crippen LogP contribution in [0.4, 0.5) is 0 Å². The fourth-order valence-corrected chi connectivity index (χ4v) is 0.